The highest BCUT2D eigenvalue weighted by atomic mass is 16.5. The first-order chi connectivity index (χ1) is 12.7. The number of amides is 1. The van der Waals surface area contributed by atoms with E-state index in [0.29, 0.717) is 35.3 Å². The van der Waals surface area contributed by atoms with E-state index in [-0.39, 0.29) is 12.5 Å². The Kier molecular flexibility index (Phi) is 5.48. The van der Waals surface area contributed by atoms with E-state index in [0.717, 1.165) is 5.75 Å². The maximum absolute atomic E-state index is 12.1. The molecule has 1 heterocycles. The molecule has 0 aliphatic rings. The summed E-state index contributed by atoms with van der Waals surface area (Å²) in [5, 5.41) is 6.66. The Morgan fingerprint density at radius 1 is 1.12 bits per heavy atom. The van der Waals surface area contributed by atoms with Crippen molar-refractivity contribution in [1.29, 1.82) is 0 Å². The number of rotatable bonds is 7. The second kappa shape index (κ2) is 8.15. The van der Waals surface area contributed by atoms with E-state index in [4.69, 9.17) is 14.0 Å². The van der Waals surface area contributed by atoms with Gasteiger partial charge in [-0.2, -0.15) is 4.98 Å². The van der Waals surface area contributed by atoms with Crippen molar-refractivity contribution in [3.05, 3.63) is 54.4 Å². The maximum Gasteiger partial charge on any atom is 0.262 e. The summed E-state index contributed by atoms with van der Waals surface area (Å²) in [5.41, 5.74) is 1.34. The van der Waals surface area contributed by atoms with Crippen molar-refractivity contribution in [3.8, 4) is 22.9 Å². The fourth-order valence-electron chi connectivity index (χ4n) is 2.33. The third-order valence-electron chi connectivity index (χ3n) is 3.46. The normalized spacial score (nSPS) is 10.4. The number of carbonyl (C=O) groups is 1. The van der Waals surface area contributed by atoms with Crippen LogP contribution in [-0.4, -0.2) is 29.3 Å². The molecule has 0 saturated carbocycles. The van der Waals surface area contributed by atoms with E-state index in [1.165, 1.54) is 0 Å². The molecule has 0 unspecified atom stereocenters. The number of ether oxygens (including phenoxy) is 2. The quantitative estimate of drug-likeness (QED) is 0.700. The molecule has 3 aromatic rings. The molecular weight excluding hydrogens is 334 g/mol. The summed E-state index contributed by atoms with van der Waals surface area (Å²) < 4.78 is 16.0. The van der Waals surface area contributed by atoms with Gasteiger partial charge in [-0.3, -0.25) is 4.79 Å². The standard InChI is InChI=1S/C19H19N3O4/c1-3-24-15-10-8-14(9-11-15)21-18(23)12-25-17-7-5-4-6-16(17)19-20-13(2)26-22-19/h4-11H,3,12H2,1-2H3,(H,21,23). The van der Waals surface area contributed by atoms with Crippen LogP contribution in [0.15, 0.2) is 53.1 Å². The molecule has 3 rings (SSSR count). The second-order valence-corrected chi connectivity index (χ2v) is 5.43. The van der Waals surface area contributed by atoms with Crippen LogP contribution in [0.3, 0.4) is 0 Å². The molecule has 134 valence electrons. The largest absolute Gasteiger partial charge is 0.494 e. The highest BCUT2D eigenvalue weighted by molar-refractivity contribution is 5.92. The van der Waals surface area contributed by atoms with Crippen molar-refractivity contribution in [2.75, 3.05) is 18.5 Å². The van der Waals surface area contributed by atoms with E-state index in [9.17, 15) is 4.79 Å². The van der Waals surface area contributed by atoms with E-state index in [1.807, 2.05) is 25.1 Å². The van der Waals surface area contributed by atoms with Crippen molar-refractivity contribution in [1.82, 2.24) is 10.1 Å². The van der Waals surface area contributed by atoms with Gasteiger partial charge in [-0.25, -0.2) is 0 Å². The van der Waals surface area contributed by atoms with E-state index in [1.54, 1.807) is 37.3 Å². The van der Waals surface area contributed by atoms with Crippen molar-refractivity contribution in [2.24, 2.45) is 0 Å². The molecule has 1 aromatic heterocycles. The number of hydrogen-bond donors (Lipinski definition) is 1. The van der Waals surface area contributed by atoms with Crippen LogP contribution in [0, 0.1) is 6.92 Å². The minimum Gasteiger partial charge on any atom is -0.494 e. The number of hydrogen-bond acceptors (Lipinski definition) is 6. The zero-order chi connectivity index (χ0) is 18.4. The molecule has 2 aromatic carbocycles. The number of para-hydroxylation sites is 1. The van der Waals surface area contributed by atoms with E-state index >= 15 is 0 Å². The fourth-order valence-corrected chi connectivity index (χ4v) is 2.33. The number of benzene rings is 2. The van der Waals surface area contributed by atoms with Gasteiger partial charge in [-0.05, 0) is 43.3 Å². The maximum atomic E-state index is 12.1. The lowest BCUT2D eigenvalue weighted by Crippen LogP contribution is -2.20. The average Bonchev–Trinajstić information content (AvgIpc) is 3.08. The Labute approximate surface area is 150 Å². The molecule has 1 N–H and O–H groups in total. The van der Waals surface area contributed by atoms with Crippen molar-refractivity contribution in [2.45, 2.75) is 13.8 Å². The summed E-state index contributed by atoms with van der Waals surface area (Å²) in [6, 6.07) is 14.4. The third kappa shape index (κ3) is 4.38. The lowest BCUT2D eigenvalue weighted by Gasteiger charge is -2.10. The second-order valence-electron chi connectivity index (χ2n) is 5.43. The Hall–Kier alpha value is -3.35. The van der Waals surface area contributed by atoms with Gasteiger partial charge >= 0.3 is 0 Å². The van der Waals surface area contributed by atoms with Crippen LogP contribution in [0.2, 0.25) is 0 Å². The molecule has 1 amide bonds. The number of nitrogens with zero attached hydrogens (tertiary/aromatic N) is 2. The van der Waals surface area contributed by atoms with Crippen LogP contribution in [-0.2, 0) is 4.79 Å². The first-order valence-electron chi connectivity index (χ1n) is 8.21. The molecule has 0 saturated heterocycles. The van der Waals surface area contributed by atoms with Crippen LogP contribution in [0.25, 0.3) is 11.4 Å². The summed E-state index contributed by atoms with van der Waals surface area (Å²) in [6.45, 7) is 4.09. The molecule has 0 aliphatic heterocycles. The highest BCUT2D eigenvalue weighted by Gasteiger charge is 2.13. The molecule has 7 heteroatoms. The van der Waals surface area contributed by atoms with Gasteiger partial charge < -0.3 is 19.3 Å². The Morgan fingerprint density at radius 2 is 1.88 bits per heavy atom. The van der Waals surface area contributed by atoms with Crippen molar-refractivity contribution < 1.29 is 18.8 Å². The Bertz CT molecular complexity index is 875. The van der Waals surface area contributed by atoms with Gasteiger partial charge in [0.1, 0.15) is 11.5 Å². The third-order valence-corrected chi connectivity index (χ3v) is 3.46. The predicted molar refractivity (Wildman–Crippen MR) is 96.2 cm³/mol. The number of nitrogens with one attached hydrogen (secondary N) is 1. The molecule has 0 radical (unpaired) electrons. The van der Waals surface area contributed by atoms with Crippen molar-refractivity contribution in [3.63, 3.8) is 0 Å². The van der Waals surface area contributed by atoms with Gasteiger partial charge in [0.05, 0.1) is 12.2 Å². The van der Waals surface area contributed by atoms with Crippen LogP contribution in [0.4, 0.5) is 5.69 Å². The number of anilines is 1. The van der Waals surface area contributed by atoms with E-state index < -0.39 is 0 Å². The summed E-state index contributed by atoms with van der Waals surface area (Å²) in [4.78, 5) is 16.3. The van der Waals surface area contributed by atoms with Gasteiger partial charge in [0.15, 0.2) is 6.61 Å². The SMILES string of the molecule is CCOc1ccc(NC(=O)COc2ccccc2-c2noc(C)n2)cc1. The smallest absolute Gasteiger partial charge is 0.262 e. The lowest BCUT2D eigenvalue weighted by atomic mass is 10.2. The van der Waals surface area contributed by atoms with Gasteiger partial charge in [0.2, 0.25) is 11.7 Å². The topological polar surface area (TPSA) is 86.5 Å². The number of aryl methyl sites for hydroxylation is 1. The first-order valence-corrected chi connectivity index (χ1v) is 8.21. The van der Waals surface area contributed by atoms with Gasteiger partial charge in [-0.1, -0.05) is 17.3 Å². The molecule has 0 bridgehead atoms. The predicted octanol–water partition coefficient (Wildman–Crippen LogP) is 3.46. The summed E-state index contributed by atoms with van der Waals surface area (Å²) >= 11 is 0. The van der Waals surface area contributed by atoms with Gasteiger partial charge in [0.25, 0.3) is 5.91 Å². The molecule has 0 atom stereocenters. The fraction of sp³-hybridized carbons (Fsp3) is 0.211. The molecule has 26 heavy (non-hydrogen) atoms. The molecule has 0 spiro atoms. The number of aromatic nitrogens is 2. The Morgan fingerprint density at radius 3 is 2.58 bits per heavy atom. The molecular formula is C19H19N3O4. The Balaban J connectivity index is 1.61. The van der Waals surface area contributed by atoms with Crippen molar-refractivity contribution >= 4 is 11.6 Å². The lowest BCUT2D eigenvalue weighted by molar-refractivity contribution is -0.118. The minimum atomic E-state index is -0.270. The van der Waals surface area contributed by atoms with Crippen LogP contribution >= 0.6 is 0 Å². The first kappa shape index (κ1) is 17.5. The summed E-state index contributed by atoms with van der Waals surface area (Å²) in [5.74, 6) is 1.88. The average molecular weight is 353 g/mol. The summed E-state index contributed by atoms with van der Waals surface area (Å²) in [6.07, 6.45) is 0. The summed E-state index contributed by atoms with van der Waals surface area (Å²) in [7, 11) is 0. The molecule has 7 nitrogen and oxygen atoms in total. The van der Waals surface area contributed by atoms with E-state index in [2.05, 4.69) is 15.5 Å². The monoisotopic (exact) mass is 353 g/mol. The highest BCUT2D eigenvalue weighted by Crippen LogP contribution is 2.27. The zero-order valence-corrected chi connectivity index (χ0v) is 14.6. The molecule has 0 aliphatic carbocycles. The van der Waals surface area contributed by atoms with Gasteiger partial charge in [0, 0.05) is 12.6 Å². The van der Waals surface area contributed by atoms with Crippen LogP contribution < -0.4 is 14.8 Å². The van der Waals surface area contributed by atoms with Crippen LogP contribution in [0.1, 0.15) is 12.8 Å². The zero-order valence-electron chi connectivity index (χ0n) is 14.6. The van der Waals surface area contributed by atoms with Crippen LogP contribution in [0.5, 0.6) is 11.5 Å². The minimum absolute atomic E-state index is 0.138. The van der Waals surface area contributed by atoms with Gasteiger partial charge in [-0.15, -0.1) is 0 Å². The number of carbonyl (C=O) groups excluding carboxylic acids is 1. The molecule has 0 fully saturated rings.